The summed E-state index contributed by atoms with van der Waals surface area (Å²) in [6.45, 7) is 0. The number of hydrogen-bond donors (Lipinski definition) is 3. The van der Waals surface area contributed by atoms with E-state index in [1.54, 1.807) is 0 Å². The third-order valence-corrected chi connectivity index (χ3v) is 0.938. The van der Waals surface area contributed by atoms with E-state index >= 15 is 0 Å². The molecule has 0 aliphatic heterocycles. The van der Waals surface area contributed by atoms with E-state index in [0.717, 1.165) is 0 Å². The molecule has 0 radical (unpaired) electrons. The van der Waals surface area contributed by atoms with Gasteiger partial charge < -0.3 is 15.9 Å². The minimum atomic E-state index is -1.73. The molecule has 0 aliphatic carbocycles. The molecule has 1 atom stereocenters. The normalized spacial score (nSPS) is 11.1. The molecule has 0 rings (SSSR count). The van der Waals surface area contributed by atoms with Gasteiger partial charge in [0.2, 0.25) is 0 Å². The molecule has 0 bridgehead atoms. The Morgan fingerprint density at radius 2 is 1.67 bits per heavy atom. The molecular formula is C5H8NNaO5. The van der Waals surface area contributed by atoms with E-state index in [0.29, 0.717) is 0 Å². The van der Waals surface area contributed by atoms with Crippen LogP contribution >= 0.6 is 0 Å². The number of carboxylic acid groups (broad SMARTS) is 2. The van der Waals surface area contributed by atoms with Crippen molar-refractivity contribution in [3.8, 4) is 0 Å². The van der Waals surface area contributed by atoms with Crippen LogP contribution in [0.1, 0.15) is 6.42 Å². The number of carbonyl (C=O) groups excluding carboxylic acids is 1. The number of rotatable bonds is 4. The summed E-state index contributed by atoms with van der Waals surface area (Å²) in [4.78, 5) is 30.4. The van der Waals surface area contributed by atoms with Gasteiger partial charge in [-0.3, -0.25) is 14.4 Å². The summed E-state index contributed by atoms with van der Waals surface area (Å²) in [5.41, 5.74) is 4.80. The fourth-order valence-electron chi connectivity index (χ4n) is 0.397. The van der Waals surface area contributed by atoms with Crippen LogP contribution in [-0.2, 0) is 14.4 Å². The Labute approximate surface area is 90.0 Å². The fraction of sp³-hybridized carbons (Fsp3) is 0.400. The Kier molecular flexibility index (Phi) is 7.21. The second-order valence-electron chi connectivity index (χ2n) is 1.85. The summed E-state index contributed by atoms with van der Waals surface area (Å²) in [6.07, 6.45) is -0.854. The predicted molar refractivity (Wildman–Crippen MR) is 40.0 cm³/mol. The summed E-state index contributed by atoms with van der Waals surface area (Å²) < 4.78 is 0. The molecule has 7 heteroatoms. The number of nitrogens with two attached hydrogens (primary N) is 1. The topological polar surface area (TPSA) is 118 Å². The monoisotopic (exact) mass is 185 g/mol. The van der Waals surface area contributed by atoms with Gasteiger partial charge >= 0.3 is 41.5 Å². The van der Waals surface area contributed by atoms with Gasteiger partial charge in [0.15, 0.2) is 11.8 Å². The molecule has 0 saturated carbocycles. The van der Waals surface area contributed by atoms with Gasteiger partial charge in [0, 0.05) is 0 Å². The van der Waals surface area contributed by atoms with E-state index in [9.17, 15) is 14.4 Å². The molecule has 0 heterocycles. The Hall–Kier alpha value is -0.430. The number of hydrogen-bond acceptors (Lipinski definition) is 4. The van der Waals surface area contributed by atoms with Crippen molar-refractivity contribution in [3.05, 3.63) is 0 Å². The Balaban J connectivity index is 0. The van der Waals surface area contributed by atoms with Gasteiger partial charge in [-0.15, -0.1) is 0 Å². The van der Waals surface area contributed by atoms with Crippen LogP contribution in [0.2, 0.25) is 0 Å². The number of carbonyl (C=O) groups is 3. The molecule has 6 nitrogen and oxygen atoms in total. The van der Waals surface area contributed by atoms with Gasteiger partial charge in [-0.05, 0) is 0 Å². The summed E-state index contributed by atoms with van der Waals surface area (Å²) >= 11 is 0. The molecule has 0 aliphatic rings. The molecule has 12 heavy (non-hydrogen) atoms. The van der Waals surface area contributed by atoms with E-state index in [-0.39, 0.29) is 29.6 Å². The zero-order valence-corrected chi connectivity index (χ0v) is 5.48. The minimum absolute atomic E-state index is 0. The molecule has 0 amide bonds. The van der Waals surface area contributed by atoms with Crippen LogP contribution in [-0.4, -0.2) is 63.5 Å². The Morgan fingerprint density at radius 3 is 1.92 bits per heavy atom. The van der Waals surface area contributed by atoms with Crippen LogP contribution in [0, 0.1) is 0 Å². The van der Waals surface area contributed by atoms with Crippen molar-refractivity contribution in [1.29, 1.82) is 0 Å². The molecule has 64 valence electrons. The van der Waals surface area contributed by atoms with E-state index < -0.39 is 30.2 Å². The quantitative estimate of drug-likeness (QED) is 0.337. The first-order valence-electron chi connectivity index (χ1n) is 2.68. The van der Waals surface area contributed by atoms with Crippen molar-refractivity contribution in [3.63, 3.8) is 0 Å². The number of ketones is 1. The van der Waals surface area contributed by atoms with Gasteiger partial charge in [0.25, 0.3) is 0 Å². The molecule has 4 N–H and O–H groups in total. The van der Waals surface area contributed by atoms with Crippen LogP contribution in [0.5, 0.6) is 0 Å². The van der Waals surface area contributed by atoms with E-state index in [1.165, 1.54) is 0 Å². The van der Waals surface area contributed by atoms with E-state index in [2.05, 4.69) is 0 Å². The number of aliphatic carboxylic acids is 2. The molecule has 0 fully saturated rings. The average molecular weight is 185 g/mol. The Morgan fingerprint density at radius 1 is 1.25 bits per heavy atom. The second kappa shape index (κ2) is 6.13. The second-order valence-corrected chi connectivity index (χ2v) is 1.85. The summed E-state index contributed by atoms with van der Waals surface area (Å²) in [5.74, 6) is -3.91. The van der Waals surface area contributed by atoms with Crippen molar-refractivity contribution in [2.45, 2.75) is 12.5 Å². The van der Waals surface area contributed by atoms with E-state index in [4.69, 9.17) is 15.9 Å². The first kappa shape index (κ1) is 14.1. The standard InChI is InChI=1S/C5H7NO5.Na.H/c6-4(5(10)11)2(7)1-3(8)9;;/h4H,1,6H2,(H,8,9)(H,10,11);;/t4-;;/m0../s1. The van der Waals surface area contributed by atoms with Gasteiger partial charge in [0.1, 0.15) is 6.42 Å². The Bertz CT molecular complexity index is 204. The van der Waals surface area contributed by atoms with Gasteiger partial charge in [0.05, 0.1) is 0 Å². The average Bonchev–Trinajstić information content (AvgIpc) is 1.84. The van der Waals surface area contributed by atoms with E-state index in [1.807, 2.05) is 0 Å². The number of carboxylic acids is 2. The third-order valence-electron chi connectivity index (χ3n) is 0.938. The van der Waals surface area contributed by atoms with Crippen molar-refractivity contribution in [2.24, 2.45) is 5.73 Å². The summed E-state index contributed by atoms with van der Waals surface area (Å²) in [5, 5.41) is 16.2. The zero-order chi connectivity index (χ0) is 9.02. The van der Waals surface area contributed by atoms with Crippen LogP contribution in [0.4, 0.5) is 0 Å². The maximum atomic E-state index is 10.5. The zero-order valence-electron chi connectivity index (χ0n) is 5.48. The van der Waals surface area contributed by atoms with Crippen molar-refractivity contribution < 1.29 is 24.6 Å². The molecule has 0 spiro atoms. The SMILES string of the molecule is N[C@H](C(=O)O)C(=O)CC(=O)O.[NaH]. The fourth-order valence-corrected chi connectivity index (χ4v) is 0.397. The molecule has 0 aromatic rings. The molecule has 0 aromatic heterocycles. The van der Waals surface area contributed by atoms with Crippen molar-refractivity contribution in [2.75, 3.05) is 0 Å². The van der Waals surface area contributed by atoms with Gasteiger partial charge in [-0.25, -0.2) is 0 Å². The molecule has 0 saturated heterocycles. The summed E-state index contributed by atoms with van der Waals surface area (Å²) in [7, 11) is 0. The van der Waals surface area contributed by atoms with Crippen LogP contribution in [0.3, 0.4) is 0 Å². The molecule has 0 aromatic carbocycles. The van der Waals surface area contributed by atoms with Crippen molar-refractivity contribution >= 4 is 47.3 Å². The van der Waals surface area contributed by atoms with Crippen LogP contribution in [0.15, 0.2) is 0 Å². The first-order valence-corrected chi connectivity index (χ1v) is 2.68. The summed E-state index contributed by atoms with van der Waals surface area (Å²) in [6, 6.07) is -1.73. The van der Waals surface area contributed by atoms with Gasteiger partial charge in [-0.1, -0.05) is 0 Å². The molecular weight excluding hydrogens is 177 g/mol. The van der Waals surface area contributed by atoms with Crippen LogP contribution in [0.25, 0.3) is 0 Å². The van der Waals surface area contributed by atoms with Crippen molar-refractivity contribution in [1.82, 2.24) is 0 Å². The predicted octanol–water partition coefficient (Wildman–Crippen LogP) is -2.21. The first-order chi connectivity index (χ1) is 4.95. The third kappa shape index (κ3) is 5.25. The number of Topliss-reactive ketones (excluding diaryl/α,β-unsaturated/α-hetero) is 1. The van der Waals surface area contributed by atoms with Gasteiger partial charge in [-0.2, -0.15) is 0 Å². The molecule has 0 unspecified atom stereocenters. The maximum absolute atomic E-state index is 10.5. The van der Waals surface area contributed by atoms with Crippen LogP contribution < -0.4 is 5.73 Å².